The van der Waals surface area contributed by atoms with Crippen LogP contribution in [0, 0.1) is 5.82 Å². The van der Waals surface area contributed by atoms with Crippen molar-refractivity contribution in [2.75, 3.05) is 14.1 Å². The molecule has 0 saturated heterocycles. The lowest BCUT2D eigenvalue weighted by atomic mass is 10.0. The molecule has 0 aliphatic carbocycles. The highest BCUT2D eigenvalue weighted by Crippen LogP contribution is 2.33. The van der Waals surface area contributed by atoms with E-state index in [0.29, 0.717) is 40.4 Å². The lowest BCUT2D eigenvalue weighted by Crippen LogP contribution is -2.10. The molecule has 5 aromatic heterocycles. The number of imidazole rings is 1. The summed E-state index contributed by atoms with van der Waals surface area (Å²) in [6.07, 6.45) is 6.93. The van der Waals surface area contributed by atoms with Gasteiger partial charge in [-0.3, -0.25) is 15.1 Å². The SMILES string of the molecule is CN(C)Cc1cncc(-c2cc3c(-c4nc5nccc(-c6ccccn6)c5[nH]4)n[nH]c3cc2F)c1. The third-order valence-electron chi connectivity index (χ3n) is 5.81. The minimum absolute atomic E-state index is 0.347. The van der Waals surface area contributed by atoms with E-state index in [0.717, 1.165) is 27.7 Å². The average molecular weight is 465 g/mol. The molecule has 6 rings (SSSR count). The van der Waals surface area contributed by atoms with E-state index in [1.165, 1.54) is 6.07 Å². The molecule has 2 N–H and O–H groups in total. The molecule has 8 nitrogen and oxygen atoms in total. The van der Waals surface area contributed by atoms with Gasteiger partial charge in [-0.2, -0.15) is 5.10 Å². The molecular weight excluding hydrogens is 443 g/mol. The molecule has 0 radical (unpaired) electrons. The number of nitrogens with zero attached hydrogens (tertiary/aromatic N) is 6. The zero-order chi connectivity index (χ0) is 23.9. The van der Waals surface area contributed by atoms with Crippen LogP contribution < -0.4 is 0 Å². The van der Waals surface area contributed by atoms with Gasteiger partial charge in [0.15, 0.2) is 11.5 Å². The molecule has 0 bridgehead atoms. The predicted molar refractivity (Wildman–Crippen MR) is 133 cm³/mol. The smallest absolute Gasteiger partial charge is 0.178 e. The van der Waals surface area contributed by atoms with Crippen LogP contribution in [0.1, 0.15) is 5.56 Å². The van der Waals surface area contributed by atoms with Crippen molar-refractivity contribution in [3.63, 3.8) is 0 Å². The van der Waals surface area contributed by atoms with Crippen molar-refractivity contribution in [2.24, 2.45) is 0 Å². The average Bonchev–Trinajstić information content (AvgIpc) is 3.47. The minimum Gasteiger partial charge on any atom is -0.335 e. The van der Waals surface area contributed by atoms with Gasteiger partial charge in [0.2, 0.25) is 0 Å². The van der Waals surface area contributed by atoms with Crippen LogP contribution >= 0.6 is 0 Å². The summed E-state index contributed by atoms with van der Waals surface area (Å²) >= 11 is 0. The molecule has 9 heteroatoms. The van der Waals surface area contributed by atoms with Gasteiger partial charge >= 0.3 is 0 Å². The van der Waals surface area contributed by atoms with Crippen LogP contribution in [0.5, 0.6) is 0 Å². The zero-order valence-electron chi connectivity index (χ0n) is 19.1. The van der Waals surface area contributed by atoms with Crippen LogP contribution in [0.25, 0.3) is 56.0 Å². The fraction of sp³-hybridized carbons (Fsp3) is 0.115. The molecule has 0 spiro atoms. The van der Waals surface area contributed by atoms with Gasteiger partial charge in [-0.1, -0.05) is 6.07 Å². The molecule has 0 aliphatic heterocycles. The zero-order valence-corrected chi connectivity index (χ0v) is 19.1. The van der Waals surface area contributed by atoms with E-state index >= 15 is 4.39 Å². The second-order valence-electron chi connectivity index (χ2n) is 8.63. The first-order valence-electron chi connectivity index (χ1n) is 11.1. The van der Waals surface area contributed by atoms with E-state index in [4.69, 9.17) is 0 Å². The summed E-state index contributed by atoms with van der Waals surface area (Å²) in [5.41, 5.74) is 6.37. The van der Waals surface area contributed by atoms with Gasteiger partial charge in [0.1, 0.15) is 11.5 Å². The number of fused-ring (bicyclic) bond motifs is 2. The number of benzene rings is 1. The molecule has 0 unspecified atom stereocenters. The van der Waals surface area contributed by atoms with E-state index in [2.05, 4.69) is 35.1 Å². The van der Waals surface area contributed by atoms with Gasteiger partial charge in [-0.05, 0) is 50.0 Å². The van der Waals surface area contributed by atoms with Gasteiger partial charge in [0.05, 0.1) is 16.7 Å². The molecule has 0 amide bonds. The fourth-order valence-corrected chi connectivity index (χ4v) is 4.28. The summed E-state index contributed by atoms with van der Waals surface area (Å²) < 4.78 is 15.1. The highest BCUT2D eigenvalue weighted by Gasteiger charge is 2.18. The fourth-order valence-electron chi connectivity index (χ4n) is 4.28. The number of nitrogens with one attached hydrogen (secondary N) is 2. The number of hydrogen-bond donors (Lipinski definition) is 2. The van der Waals surface area contributed by atoms with Crippen LogP contribution in [-0.4, -0.2) is 54.1 Å². The van der Waals surface area contributed by atoms with Crippen molar-refractivity contribution in [2.45, 2.75) is 6.54 Å². The summed E-state index contributed by atoms with van der Waals surface area (Å²) in [5, 5.41) is 8.12. The lowest BCUT2D eigenvalue weighted by Gasteiger charge is -2.11. The molecule has 6 aromatic rings. The second kappa shape index (κ2) is 8.37. The molecule has 0 fully saturated rings. The largest absolute Gasteiger partial charge is 0.335 e. The second-order valence-corrected chi connectivity index (χ2v) is 8.63. The minimum atomic E-state index is -0.347. The highest BCUT2D eigenvalue weighted by atomic mass is 19.1. The predicted octanol–water partition coefficient (Wildman–Crippen LogP) is 4.83. The Morgan fingerprint density at radius 3 is 2.71 bits per heavy atom. The molecular formula is C26H21FN8. The van der Waals surface area contributed by atoms with Crippen molar-refractivity contribution in [3.8, 4) is 33.9 Å². The third-order valence-corrected chi connectivity index (χ3v) is 5.81. The maximum absolute atomic E-state index is 15.1. The van der Waals surface area contributed by atoms with Crippen LogP contribution in [0.15, 0.2) is 67.3 Å². The summed E-state index contributed by atoms with van der Waals surface area (Å²) in [6, 6.07) is 12.9. The molecule has 0 aliphatic rings. The Kier molecular flexibility index (Phi) is 5.04. The van der Waals surface area contributed by atoms with Gasteiger partial charge < -0.3 is 9.88 Å². The lowest BCUT2D eigenvalue weighted by molar-refractivity contribution is 0.402. The molecule has 35 heavy (non-hydrogen) atoms. The normalized spacial score (nSPS) is 11.7. The molecule has 5 heterocycles. The van der Waals surface area contributed by atoms with Crippen molar-refractivity contribution >= 4 is 22.1 Å². The van der Waals surface area contributed by atoms with Gasteiger partial charge in [0, 0.05) is 59.5 Å². The van der Waals surface area contributed by atoms with Crippen LogP contribution in [0.4, 0.5) is 4.39 Å². The Bertz CT molecular complexity index is 1670. The number of rotatable bonds is 5. The molecule has 172 valence electrons. The molecule has 1 aromatic carbocycles. The number of aromatic amines is 2. The van der Waals surface area contributed by atoms with Crippen molar-refractivity contribution in [3.05, 3.63) is 78.6 Å². The van der Waals surface area contributed by atoms with E-state index < -0.39 is 0 Å². The van der Waals surface area contributed by atoms with Crippen LogP contribution in [-0.2, 0) is 6.54 Å². The van der Waals surface area contributed by atoms with Crippen LogP contribution in [0.3, 0.4) is 0 Å². The Morgan fingerprint density at radius 1 is 0.971 bits per heavy atom. The summed E-state index contributed by atoms with van der Waals surface area (Å²) in [5.74, 6) is 0.194. The van der Waals surface area contributed by atoms with Crippen LogP contribution in [0.2, 0.25) is 0 Å². The van der Waals surface area contributed by atoms with Crippen molar-refractivity contribution in [1.82, 2.24) is 40.0 Å². The standard InChI is InChI=1S/C26H21FN8/c1-35(2)14-15-9-16(13-28-12-15)18-10-19-22(11-20(18)27)33-34-24(19)26-31-23-17(6-8-30-25(23)32-26)21-5-3-4-7-29-21/h3-13H,14H2,1-2H3,(H,33,34)(H,30,31,32). The Hall–Kier alpha value is -4.50. The maximum Gasteiger partial charge on any atom is 0.178 e. The number of H-pyrrole nitrogens is 2. The maximum atomic E-state index is 15.1. The van der Waals surface area contributed by atoms with E-state index in [1.54, 1.807) is 30.9 Å². The van der Waals surface area contributed by atoms with Crippen molar-refractivity contribution in [1.29, 1.82) is 0 Å². The number of halogens is 1. The van der Waals surface area contributed by atoms with E-state index in [-0.39, 0.29) is 5.82 Å². The first-order valence-corrected chi connectivity index (χ1v) is 11.1. The van der Waals surface area contributed by atoms with E-state index in [1.807, 2.05) is 49.3 Å². The Balaban J connectivity index is 1.48. The number of pyridine rings is 3. The topological polar surface area (TPSA) is 99.3 Å². The van der Waals surface area contributed by atoms with Crippen molar-refractivity contribution < 1.29 is 4.39 Å². The summed E-state index contributed by atoms with van der Waals surface area (Å²) in [6.45, 7) is 0.715. The summed E-state index contributed by atoms with van der Waals surface area (Å²) in [4.78, 5) is 23.3. The first kappa shape index (κ1) is 21.1. The molecule has 0 atom stereocenters. The van der Waals surface area contributed by atoms with Gasteiger partial charge in [-0.15, -0.1) is 0 Å². The van der Waals surface area contributed by atoms with E-state index in [9.17, 15) is 0 Å². The summed E-state index contributed by atoms with van der Waals surface area (Å²) in [7, 11) is 3.97. The first-order chi connectivity index (χ1) is 17.1. The number of aromatic nitrogens is 7. The highest BCUT2D eigenvalue weighted by molar-refractivity contribution is 5.97. The third kappa shape index (κ3) is 3.81. The monoisotopic (exact) mass is 464 g/mol. The Morgan fingerprint density at radius 2 is 1.89 bits per heavy atom. The quantitative estimate of drug-likeness (QED) is 0.379. The molecule has 0 saturated carbocycles. The number of hydrogen-bond acceptors (Lipinski definition) is 6. The van der Waals surface area contributed by atoms with Gasteiger partial charge in [-0.25, -0.2) is 14.4 Å². The van der Waals surface area contributed by atoms with Gasteiger partial charge in [0.25, 0.3) is 0 Å². The Labute approximate surface area is 199 Å².